The van der Waals surface area contributed by atoms with Crippen LogP contribution in [0.5, 0.6) is 0 Å². The summed E-state index contributed by atoms with van der Waals surface area (Å²) < 4.78 is 2.41. The molecule has 2 aromatic heterocycles. The summed E-state index contributed by atoms with van der Waals surface area (Å²) >= 11 is 0. The maximum Gasteiger partial charge on any atom is 0.129 e. The monoisotopic (exact) mass is 1020 g/mol. The first kappa shape index (κ1) is 44.7. The van der Waals surface area contributed by atoms with Crippen molar-refractivity contribution in [3.05, 3.63) is 192 Å². The first-order valence-electron chi connectivity index (χ1n) is 22.5. The topological polar surface area (TPSA) is 37.9 Å². The average molecular weight is 1020 g/mol. The molecule has 0 spiro atoms. The fraction of sp³-hybridized carbons (Fsp3) is 0.241. The predicted octanol–water partition coefficient (Wildman–Crippen LogP) is 15.4. The smallest absolute Gasteiger partial charge is 0.129 e. The number of nitrogens with zero attached hydrogens (tertiary/aromatic N) is 5. The van der Waals surface area contributed by atoms with Crippen LogP contribution in [-0.4, -0.2) is 10.4 Å². The number of fused-ring (bicyclic) bond motifs is 6. The van der Waals surface area contributed by atoms with Gasteiger partial charge in [0, 0.05) is 55.8 Å². The maximum absolute atomic E-state index is 5.44. The Kier molecular flexibility index (Phi) is 12.3. The molecule has 6 heteroatoms. The summed E-state index contributed by atoms with van der Waals surface area (Å²) in [6.07, 6.45) is 0. The van der Waals surface area contributed by atoms with E-state index in [-0.39, 0.29) is 33.2 Å². The van der Waals surface area contributed by atoms with Gasteiger partial charge in [-0.15, -0.1) is 17.7 Å². The van der Waals surface area contributed by atoms with Crippen molar-refractivity contribution in [2.75, 3.05) is 9.91 Å². The van der Waals surface area contributed by atoms with Crippen LogP contribution in [-0.2, 0) is 33.2 Å². The van der Waals surface area contributed by atoms with Crippen LogP contribution < -0.4 is 14.9 Å². The maximum atomic E-state index is 5.44. The van der Waals surface area contributed by atoms with E-state index >= 15 is 0 Å². The van der Waals surface area contributed by atoms with E-state index in [2.05, 4.69) is 241 Å². The zero-order valence-electron chi connectivity index (χ0n) is 38.8. The number of anilines is 2. The number of hydrogen-bond donors (Lipinski definition) is 0. The van der Waals surface area contributed by atoms with Gasteiger partial charge in [-0.25, -0.2) is 0 Å². The van der Waals surface area contributed by atoms with E-state index < -0.39 is 0 Å². The molecule has 0 bridgehead atoms. The van der Waals surface area contributed by atoms with Crippen LogP contribution in [0.15, 0.2) is 163 Å². The Hall–Kier alpha value is -5.85. The molecule has 0 aliphatic carbocycles. The molecule has 9 aromatic rings. The van der Waals surface area contributed by atoms with Crippen molar-refractivity contribution in [3.63, 3.8) is 0 Å². The van der Waals surface area contributed by atoms with Crippen LogP contribution in [0.25, 0.3) is 49.3 Å². The second-order valence-corrected chi connectivity index (χ2v) is 19.7. The van der Waals surface area contributed by atoms with Gasteiger partial charge in [0.2, 0.25) is 0 Å². The number of rotatable bonds is 6. The van der Waals surface area contributed by atoms with Crippen LogP contribution in [0.1, 0.15) is 109 Å². The van der Waals surface area contributed by atoms with E-state index in [0.29, 0.717) is 11.8 Å². The molecule has 329 valence electrons. The molecule has 0 saturated heterocycles. The fourth-order valence-corrected chi connectivity index (χ4v) is 8.90. The van der Waals surface area contributed by atoms with Crippen LogP contribution in [0, 0.1) is 6.67 Å². The van der Waals surface area contributed by atoms with Crippen molar-refractivity contribution in [1.29, 1.82) is 0 Å². The molecule has 0 amide bonds. The Bertz CT molecular complexity index is 3000. The van der Waals surface area contributed by atoms with Gasteiger partial charge in [-0.2, -0.15) is 5.10 Å². The standard InChI is InChI=1S/C46H51N4.C12H8N.Au/c1-30(2)39-26-34(46(8,9)10)27-40(31(3)4)43(39)48-29-49(47-44(48)32-18-12-11-13-19-32)35-24-33(45(5,6)7)25-36(28-35)50-41-22-16-14-20-37(41)38-21-15-17-23-42(38)50;1-3-7-11-9(5-1)10-6-2-4-8-12(10)13-11;/h11-31H,1-10H3;1-8H;/q2*-1;. The first-order valence-corrected chi connectivity index (χ1v) is 22.5. The molecule has 1 aliphatic heterocycles. The van der Waals surface area contributed by atoms with Crippen molar-refractivity contribution in [3.8, 4) is 5.69 Å². The van der Waals surface area contributed by atoms with Crippen LogP contribution in [0.4, 0.5) is 11.4 Å². The summed E-state index contributed by atoms with van der Waals surface area (Å²) in [4.78, 5) is 6.87. The number of hydrogen-bond acceptors (Lipinski definition) is 3. The normalized spacial score (nSPS) is 13.3. The quantitative estimate of drug-likeness (QED) is 0.123. The Morgan fingerprint density at radius 3 is 1.44 bits per heavy atom. The van der Waals surface area contributed by atoms with Gasteiger partial charge in [-0.05, 0) is 86.0 Å². The van der Waals surface area contributed by atoms with E-state index in [0.717, 1.165) is 33.8 Å². The molecule has 0 N–H and O–H groups in total. The molecule has 1 aliphatic rings. The van der Waals surface area contributed by atoms with Crippen molar-refractivity contribution >= 4 is 60.8 Å². The van der Waals surface area contributed by atoms with E-state index in [1.54, 1.807) is 0 Å². The molecule has 7 aromatic carbocycles. The van der Waals surface area contributed by atoms with E-state index in [1.807, 2.05) is 12.1 Å². The third-order valence-corrected chi connectivity index (χ3v) is 12.4. The van der Waals surface area contributed by atoms with Crippen LogP contribution >= 0.6 is 0 Å². The number of aromatic nitrogens is 2. The second kappa shape index (κ2) is 17.6. The summed E-state index contributed by atoms with van der Waals surface area (Å²) in [5.41, 5.74) is 14.4. The second-order valence-electron chi connectivity index (χ2n) is 19.7. The first-order chi connectivity index (χ1) is 30.2. The summed E-state index contributed by atoms with van der Waals surface area (Å²) in [5, 5.41) is 12.6. The van der Waals surface area contributed by atoms with Gasteiger partial charge in [0.15, 0.2) is 0 Å². The van der Waals surface area contributed by atoms with E-state index in [9.17, 15) is 0 Å². The molecular formula is C58H59AuN5-2. The van der Waals surface area contributed by atoms with E-state index in [4.69, 9.17) is 5.10 Å². The van der Waals surface area contributed by atoms with Crippen molar-refractivity contribution in [1.82, 2.24) is 9.55 Å². The summed E-state index contributed by atoms with van der Waals surface area (Å²) in [6, 6.07) is 56.4. The average Bonchev–Trinajstić information content (AvgIpc) is 3.98. The molecule has 10 rings (SSSR count). The van der Waals surface area contributed by atoms with Crippen LogP contribution in [0.3, 0.4) is 0 Å². The molecule has 1 radical (unpaired) electrons. The van der Waals surface area contributed by atoms with Gasteiger partial charge in [0.25, 0.3) is 0 Å². The Morgan fingerprint density at radius 1 is 0.500 bits per heavy atom. The summed E-state index contributed by atoms with van der Waals surface area (Å²) in [5.74, 6) is 1.59. The molecule has 0 fully saturated rings. The zero-order valence-corrected chi connectivity index (χ0v) is 40.9. The van der Waals surface area contributed by atoms with Crippen LogP contribution in [0.2, 0.25) is 0 Å². The van der Waals surface area contributed by atoms with Crippen molar-refractivity contribution < 1.29 is 22.4 Å². The Labute approximate surface area is 395 Å². The van der Waals surface area contributed by atoms with Gasteiger partial charge in [0.05, 0.1) is 11.0 Å². The van der Waals surface area contributed by atoms with Crippen molar-refractivity contribution in [2.24, 2.45) is 5.10 Å². The summed E-state index contributed by atoms with van der Waals surface area (Å²) in [6.45, 7) is 25.3. The minimum absolute atomic E-state index is 0. The van der Waals surface area contributed by atoms with Gasteiger partial charge in [0.1, 0.15) is 5.84 Å². The molecule has 3 heterocycles. The van der Waals surface area contributed by atoms with Gasteiger partial charge in [-0.1, -0.05) is 197 Å². The number of hydrazone groups is 1. The van der Waals surface area contributed by atoms with Gasteiger partial charge < -0.3 is 19.5 Å². The minimum atomic E-state index is -0.0761. The predicted molar refractivity (Wildman–Crippen MR) is 270 cm³/mol. The largest absolute Gasteiger partial charge is 0.657 e. The number of benzene rings is 7. The van der Waals surface area contributed by atoms with Gasteiger partial charge in [-0.3, -0.25) is 0 Å². The number of amidine groups is 1. The third-order valence-electron chi connectivity index (χ3n) is 12.4. The Balaban J connectivity index is 0.000000339. The Morgan fingerprint density at radius 2 is 0.938 bits per heavy atom. The van der Waals surface area contributed by atoms with Gasteiger partial charge >= 0.3 is 0 Å². The molecule has 5 nitrogen and oxygen atoms in total. The van der Waals surface area contributed by atoms with Crippen molar-refractivity contribution in [2.45, 2.75) is 91.9 Å². The molecular weight excluding hydrogens is 964 g/mol. The molecule has 0 unspecified atom stereocenters. The third kappa shape index (κ3) is 8.45. The molecule has 64 heavy (non-hydrogen) atoms. The molecule has 0 saturated carbocycles. The summed E-state index contributed by atoms with van der Waals surface area (Å²) in [7, 11) is 0. The fourth-order valence-electron chi connectivity index (χ4n) is 8.90. The molecule has 0 atom stereocenters. The minimum Gasteiger partial charge on any atom is -0.657 e. The van der Waals surface area contributed by atoms with E-state index in [1.165, 1.54) is 60.5 Å². The SMILES string of the molecule is CC(C)c1cc(C(C)(C)C)cc(C(C)C)c1N1[CH-]N(c2cc(-n3c4ccccc4c4ccccc43)cc(C(C)(C)C)c2)N=C1c1ccccc1.[Au].c1ccc2c(c1)[n-]c1ccccc12. The number of para-hydroxylation sites is 4. The zero-order chi connectivity index (χ0) is 44.2.